The third-order valence-corrected chi connectivity index (χ3v) is 5.48. The summed E-state index contributed by atoms with van der Waals surface area (Å²) in [6.07, 6.45) is 5.53. The van der Waals surface area contributed by atoms with Gasteiger partial charge in [-0.1, -0.05) is 5.21 Å². The van der Waals surface area contributed by atoms with E-state index in [9.17, 15) is 4.79 Å². The van der Waals surface area contributed by atoms with Gasteiger partial charge in [0.15, 0.2) is 0 Å². The molecule has 1 saturated heterocycles. The van der Waals surface area contributed by atoms with Gasteiger partial charge in [0, 0.05) is 44.0 Å². The van der Waals surface area contributed by atoms with Crippen LogP contribution in [0.25, 0.3) is 16.9 Å². The standard InChI is InChI=1S/C21H26N8O/c1-14(2)27-6-8-28(9-7-27)17-10-16(11-23-12-17)19-13-29(26-25-19)20-5-4-18(21(22)30)24-15(20)3/h4-5,10-14H,6-9H2,1-3H3,(H2,22,30). The molecule has 0 unspecified atom stereocenters. The molecule has 2 N–H and O–H groups in total. The molecular weight excluding hydrogens is 380 g/mol. The summed E-state index contributed by atoms with van der Waals surface area (Å²) in [7, 11) is 0. The number of amides is 1. The molecule has 0 spiro atoms. The second-order valence-electron chi connectivity index (χ2n) is 7.76. The maximum absolute atomic E-state index is 11.3. The number of rotatable bonds is 5. The van der Waals surface area contributed by atoms with Gasteiger partial charge in [-0.05, 0) is 39.0 Å². The van der Waals surface area contributed by atoms with E-state index in [1.807, 2.05) is 19.3 Å². The third-order valence-electron chi connectivity index (χ3n) is 5.48. The van der Waals surface area contributed by atoms with E-state index < -0.39 is 5.91 Å². The fourth-order valence-electron chi connectivity index (χ4n) is 3.68. The quantitative estimate of drug-likeness (QED) is 0.687. The Bertz CT molecular complexity index is 1050. The molecule has 0 atom stereocenters. The molecular formula is C21H26N8O. The summed E-state index contributed by atoms with van der Waals surface area (Å²) in [4.78, 5) is 24.8. The van der Waals surface area contributed by atoms with Crippen molar-refractivity contribution >= 4 is 11.6 Å². The van der Waals surface area contributed by atoms with E-state index in [2.05, 4.69) is 50.0 Å². The third kappa shape index (κ3) is 4.02. The van der Waals surface area contributed by atoms with Gasteiger partial charge >= 0.3 is 0 Å². The zero-order chi connectivity index (χ0) is 21.3. The Hall–Kier alpha value is -3.33. The van der Waals surface area contributed by atoms with Crippen LogP contribution < -0.4 is 10.6 Å². The molecule has 1 amide bonds. The molecule has 30 heavy (non-hydrogen) atoms. The van der Waals surface area contributed by atoms with E-state index in [-0.39, 0.29) is 5.69 Å². The van der Waals surface area contributed by atoms with Crippen molar-refractivity contribution in [2.75, 3.05) is 31.1 Å². The Morgan fingerprint density at radius 2 is 1.90 bits per heavy atom. The number of nitrogens with zero attached hydrogens (tertiary/aromatic N) is 7. The highest BCUT2D eigenvalue weighted by atomic mass is 16.1. The maximum Gasteiger partial charge on any atom is 0.267 e. The van der Waals surface area contributed by atoms with E-state index in [1.165, 1.54) is 0 Å². The number of hydrogen-bond donors (Lipinski definition) is 1. The minimum absolute atomic E-state index is 0.228. The van der Waals surface area contributed by atoms with Crippen molar-refractivity contribution in [3.8, 4) is 16.9 Å². The van der Waals surface area contributed by atoms with Gasteiger partial charge in [-0.25, -0.2) is 9.67 Å². The SMILES string of the molecule is Cc1nc(C(N)=O)ccc1-n1cc(-c2cncc(N3CCN(C(C)C)CC3)c2)nn1. The maximum atomic E-state index is 11.3. The highest BCUT2D eigenvalue weighted by Crippen LogP contribution is 2.24. The number of primary amides is 1. The lowest BCUT2D eigenvalue weighted by atomic mass is 10.2. The smallest absolute Gasteiger partial charge is 0.267 e. The first-order valence-electron chi connectivity index (χ1n) is 10.1. The molecule has 0 bridgehead atoms. The number of nitrogens with two attached hydrogens (primary N) is 1. The van der Waals surface area contributed by atoms with E-state index >= 15 is 0 Å². The largest absolute Gasteiger partial charge is 0.368 e. The number of carbonyl (C=O) groups is 1. The molecule has 3 aromatic rings. The summed E-state index contributed by atoms with van der Waals surface area (Å²) in [6.45, 7) is 10.3. The van der Waals surface area contributed by atoms with Crippen LogP contribution in [-0.4, -0.2) is 68.0 Å². The first kappa shape index (κ1) is 20.0. The van der Waals surface area contributed by atoms with E-state index in [0.29, 0.717) is 11.7 Å². The summed E-state index contributed by atoms with van der Waals surface area (Å²) < 4.78 is 1.65. The van der Waals surface area contributed by atoms with Crippen molar-refractivity contribution in [1.29, 1.82) is 0 Å². The van der Waals surface area contributed by atoms with Crippen LogP contribution in [0.2, 0.25) is 0 Å². The minimum atomic E-state index is -0.555. The first-order chi connectivity index (χ1) is 14.4. The fraction of sp³-hybridized carbons (Fsp3) is 0.381. The summed E-state index contributed by atoms with van der Waals surface area (Å²) in [5.41, 5.74) is 9.65. The van der Waals surface area contributed by atoms with Crippen molar-refractivity contribution in [3.05, 3.63) is 48.2 Å². The Balaban J connectivity index is 1.55. The van der Waals surface area contributed by atoms with Crippen LogP contribution in [0, 0.1) is 6.92 Å². The highest BCUT2D eigenvalue weighted by Gasteiger charge is 2.20. The molecule has 1 aliphatic heterocycles. The minimum Gasteiger partial charge on any atom is -0.368 e. The van der Waals surface area contributed by atoms with Gasteiger partial charge in [-0.15, -0.1) is 5.10 Å². The van der Waals surface area contributed by atoms with Crippen LogP contribution in [0.3, 0.4) is 0 Å². The molecule has 156 valence electrons. The predicted molar refractivity (Wildman–Crippen MR) is 115 cm³/mol. The average Bonchev–Trinajstić information content (AvgIpc) is 3.24. The molecule has 0 saturated carbocycles. The van der Waals surface area contributed by atoms with Gasteiger partial charge in [0.05, 0.1) is 29.5 Å². The van der Waals surface area contributed by atoms with Gasteiger partial charge in [-0.2, -0.15) is 0 Å². The van der Waals surface area contributed by atoms with Crippen LogP contribution in [-0.2, 0) is 0 Å². The molecule has 9 heteroatoms. The highest BCUT2D eigenvalue weighted by molar-refractivity contribution is 5.90. The molecule has 3 aromatic heterocycles. The Morgan fingerprint density at radius 3 is 2.57 bits per heavy atom. The molecule has 4 rings (SSSR count). The summed E-state index contributed by atoms with van der Waals surface area (Å²) >= 11 is 0. The topological polar surface area (TPSA) is 106 Å². The van der Waals surface area contributed by atoms with Gasteiger partial charge in [-0.3, -0.25) is 14.7 Å². The first-order valence-corrected chi connectivity index (χ1v) is 10.1. The van der Waals surface area contributed by atoms with Gasteiger partial charge in [0.1, 0.15) is 11.4 Å². The van der Waals surface area contributed by atoms with E-state index in [4.69, 9.17) is 5.73 Å². The number of hydrogen-bond acceptors (Lipinski definition) is 7. The number of piperazine rings is 1. The molecule has 9 nitrogen and oxygen atoms in total. The van der Waals surface area contributed by atoms with Crippen LogP contribution in [0.1, 0.15) is 30.0 Å². The van der Waals surface area contributed by atoms with Crippen LogP contribution in [0.15, 0.2) is 36.8 Å². The average molecular weight is 406 g/mol. The van der Waals surface area contributed by atoms with Crippen molar-refractivity contribution < 1.29 is 4.79 Å². The van der Waals surface area contributed by atoms with E-state index in [1.54, 1.807) is 23.0 Å². The van der Waals surface area contributed by atoms with Crippen LogP contribution in [0.4, 0.5) is 5.69 Å². The lowest BCUT2D eigenvalue weighted by Gasteiger charge is -2.38. The molecule has 1 aliphatic rings. The molecule has 0 radical (unpaired) electrons. The Morgan fingerprint density at radius 1 is 1.13 bits per heavy atom. The van der Waals surface area contributed by atoms with Crippen molar-refractivity contribution in [3.63, 3.8) is 0 Å². The van der Waals surface area contributed by atoms with Crippen LogP contribution in [0.5, 0.6) is 0 Å². The van der Waals surface area contributed by atoms with Crippen molar-refractivity contribution in [2.45, 2.75) is 26.8 Å². The van der Waals surface area contributed by atoms with Crippen LogP contribution >= 0.6 is 0 Å². The van der Waals surface area contributed by atoms with Gasteiger partial charge < -0.3 is 10.6 Å². The second kappa shape index (κ2) is 8.19. The Labute approximate surface area is 175 Å². The van der Waals surface area contributed by atoms with Crippen molar-refractivity contribution in [2.24, 2.45) is 5.73 Å². The second-order valence-corrected chi connectivity index (χ2v) is 7.76. The van der Waals surface area contributed by atoms with Crippen molar-refractivity contribution in [1.82, 2.24) is 29.9 Å². The fourth-order valence-corrected chi connectivity index (χ4v) is 3.68. The lowest BCUT2D eigenvalue weighted by molar-refractivity contribution is 0.0995. The number of anilines is 1. The molecule has 0 aromatic carbocycles. The molecule has 4 heterocycles. The monoisotopic (exact) mass is 406 g/mol. The Kier molecular flexibility index (Phi) is 5.45. The summed E-state index contributed by atoms with van der Waals surface area (Å²) in [5, 5.41) is 8.54. The number of aromatic nitrogens is 5. The number of pyridine rings is 2. The molecule has 0 aliphatic carbocycles. The van der Waals surface area contributed by atoms with Gasteiger partial charge in [0.2, 0.25) is 0 Å². The normalized spacial score (nSPS) is 15.0. The van der Waals surface area contributed by atoms with Gasteiger partial charge in [0.25, 0.3) is 5.91 Å². The van der Waals surface area contributed by atoms with E-state index in [0.717, 1.165) is 48.8 Å². The molecule has 1 fully saturated rings. The predicted octanol–water partition coefficient (Wildman–Crippen LogP) is 1.66. The summed E-state index contributed by atoms with van der Waals surface area (Å²) in [5.74, 6) is -0.555. The summed E-state index contributed by atoms with van der Waals surface area (Å²) in [6, 6.07) is 6.03. The lowest BCUT2D eigenvalue weighted by Crippen LogP contribution is -2.48. The number of carbonyl (C=O) groups excluding carboxylic acids is 1. The number of aryl methyl sites for hydroxylation is 1. The zero-order valence-corrected chi connectivity index (χ0v) is 17.5. The zero-order valence-electron chi connectivity index (χ0n) is 17.5.